The van der Waals surface area contributed by atoms with Crippen molar-refractivity contribution in [1.82, 2.24) is 20.4 Å². The molecule has 0 unspecified atom stereocenters. The number of hydrogen-bond donors (Lipinski definition) is 1. The van der Waals surface area contributed by atoms with E-state index in [2.05, 4.69) is 15.5 Å². The minimum absolute atomic E-state index is 0.0641. The molecule has 0 radical (unpaired) electrons. The van der Waals surface area contributed by atoms with Gasteiger partial charge in [-0.2, -0.15) is 4.98 Å². The highest BCUT2D eigenvalue weighted by Crippen LogP contribution is 2.12. The lowest BCUT2D eigenvalue weighted by Crippen LogP contribution is -2.45. The van der Waals surface area contributed by atoms with Gasteiger partial charge in [0.05, 0.1) is 25.8 Å². The van der Waals surface area contributed by atoms with Crippen LogP contribution in [0.25, 0.3) is 0 Å². The van der Waals surface area contributed by atoms with Crippen LogP contribution in [0.5, 0.6) is 0 Å². The Morgan fingerprint density at radius 2 is 2.04 bits per heavy atom. The highest BCUT2D eigenvalue weighted by Gasteiger charge is 2.19. The first-order valence-corrected chi connectivity index (χ1v) is 8.17. The summed E-state index contributed by atoms with van der Waals surface area (Å²) in [7, 11) is 0. The molecule has 1 aromatic heterocycles. The lowest BCUT2D eigenvalue weighted by atomic mass is 10.1. The molecule has 1 aliphatic heterocycles. The molecule has 1 saturated heterocycles. The van der Waals surface area contributed by atoms with E-state index in [0.29, 0.717) is 44.4 Å². The van der Waals surface area contributed by atoms with Crippen LogP contribution in [0.2, 0.25) is 0 Å². The topological polar surface area (TPSA) is 80.5 Å². The summed E-state index contributed by atoms with van der Waals surface area (Å²) in [6.45, 7) is 4.67. The number of rotatable bonds is 6. The first kappa shape index (κ1) is 16.6. The molecule has 0 bridgehead atoms. The average molecular weight is 330 g/mol. The van der Waals surface area contributed by atoms with Gasteiger partial charge in [0.2, 0.25) is 11.8 Å². The van der Waals surface area contributed by atoms with Crippen LogP contribution in [0.4, 0.5) is 0 Å². The first-order chi connectivity index (χ1) is 11.7. The number of hydrogen-bond acceptors (Lipinski definition) is 6. The normalized spacial score (nSPS) is 16.1. The van der Waals surface area contributed by atoms with E-state index in [0.717, 1.165) is 5.56 Å². The van der Waals surface area contributed by atoms with E-state index >= 15 is 0 Å². The second-order valence-electron chi connectivity index (χ2n) is 5.81. The second kappa shape index (κ2) is 8.03. The van der Waals surface area contributed by atoms with Gasteiger partial charge in [-0.1, -0.05) is 35.5 Å². The van der Waals surface area contributed by atoms with Crippen LogP contribution < -0.4 is 5.32 Å². The van der Waals surface area contributed by atoms with Crippen molar-refractivity contribution in [3.05, 3.63) is 47.6 Å². The molecule has 7 heteroatoms. The number of benzene rings is 1. The molecule has 24 heavy (non-hydrogen) atoms. The van der Waals surface area contributed by atoms with Gasteiger partial charge in [-0.15, -0.1) is 0 Å². The molecule has 7 nitrogen and oxygen atoms in total. The van der Waals surface area contributed by atoms with E-state index in [4.69, 9.17) is 9.26 Å². The van der Waals surface area contributed by atoms with Crippen LogP contribution in [0, 0.1) is 0 Å². The van der Waals surface area contributed by atoms with Crippen molar-refractivity contribution >= 4 is 5.91 Å². The Morgan fingerprint density at radius 3 is 2.79 bits per heavy atom. The van der Waals surface area contributed by atoms with Crippen LogP contribution in [-0.4, -0.2) is 53.8 Å². The zero-order valence-corrected chi connectivity index (χ0v) is 13.8. The van der Waals surface area contributed by atoms with Gasteiger partial charge in [-0.05, 0) is 12.5 Å². The summed E-state index contributed by atoms with van der Waals surface area (Å²) < 4.78 is 10.6. The molecular formula is C17H22N4O3. The molecule has 0 saturated carbocycles. The summed E-state index contributed by atoms with van der Waals surface area (Å²) in [5.41, 5.74) is 1.13. The molecule has 0 aliphatic carbocycles. The van der Waals surface area contributed by atoms with E-state index in [-0.39, 0.29) is 18.5 Å². The minimum Gasteiger partial charge on any atom is -0.378 e. The van der Waals surface area contributed by atoms with Gasteiger partial charge in [0.1, 0.15) is 0 Å². The second-order valence-corrected chi connectivity index (χ2v) is 5.81. The summed E-state index contributed by atoms with van der Waals surface area (Å²) in [5.74, 6) is 1.20. The predicted octanol–water partition coefficient (Wildman–Crippen LogP) is 1.17. The van der Waals surface area contributed by atoms with Gasteiger partial charge in [0, 0.05) is 19.5 Å². The Labute approximate surface area is 141 Å². The van der Waals surface area contributed by atoms with Crippen molar-refractivity contribution in [1.29, 1.82) is 0 Å². The van der Waals surface area contributed by atoms with Crippen LogP contribution in [0.15, 0.2) is 34.9 Å². The Kier molecular flexibility index (Phi) is 5.55. The average Bonchev–Trinajstić information content (AvgIpc) is 3.09. The molecule has 1 atom stereocenters. The quantitative estimate of drug-likeness (QED) is 0.856. The molecule has 0 spiro atoms. The summed E-state index contributed by atoms with van der Waals surface area (Å²) in [6, 6.07) is 9.82. The van der Waals surface area contributed by atoms with Crippen LogP contribution >= 0.6 is 0 Å². The number of amides is 1. The molecule has 1 aromatic carbocycles. The van der Waals surface area contributed by atoms with E-state index in [1.54, 1.807) is 4.90 Å². The molecule has 1 amide bonds. The van der Waals surface area contributed by atoms with Gasteiger partial charge < -0.3 is 14.2 Å². The fourth-order valence-corrected chi connectivity index (χ4v) is 2.55. The number of ether oxygens (including phenoxy) is 1. The van der Waals surface area contributed by atoms with Crippen LogP contribution in [0.3, 0.4) is 0 Å². The number of nitrogens with one attached hydrogen (secondary N) is 1. The van der Waals surface area contributed by atoms with E-state index in [1.807, 2.05) is 37.3 Å². The van der Waals surface area contributed by atoms with Crippen molar-refractivity contribution in [2.75, 3.05) is 32.8 Å². The van der Waals surface area contributed by atoms with Gasteiger partial charge in [-0.25, -0.2) is 0 Å². The maximum atomic E-state index is 12.1. The smallest absolute Gasteiger partial charge is 0.243 e. The summed E-state index contributed by atoms with van der Waals surface area (Å²) >= 11 is 0. The zero-order chi connectivity index (χ0) is 16.8. The van der Waals surface area contributed by atoms with E-state index < -0.39 is 0 Å². The fraction of sp³-hybridized carbons (Fsp3) is 0.471. The highest BCUT2D eigenvalue weighted by atomic mass is 16.5. The maximum absolute atomic E-state index is 12.1. The number of carbonyl (C=O) groups is 1. The van der Waals surface area contributed by atoms with E-state index in [9.17, 15) is 4.79 Å². The standard InChI is InChI=1S/C17H22N4O3/c1-13(18-12-16(22)21-7-9-23-10-8-21)17-19-15(20-24-17)11-14-5-3-2-4-6-14/h2-6,13,18H,7-12H2,1H3/t13-/m1/s1. The molecule has 3 rings (SSSR count). The SMILES string of the molecule is C[C@@H](NCC(=O)N1CCOCC1)c1nc(Cc2ccccc2)no1. The summed E-state index contributed by atoms with van der Waals surface area (Å²) in [6.07, 6.45) is 0.629. The van der Waals surface area contributed by atoms with Crippen molar-refractivity contribution in [3.63, 3.8) is 0 Å². The predicted molar refractivity (Wildman–Crippen MR) is 87.4 cm³/mol. The molecular weight excluding hydrogens is 308 g/mol. The Bertz CT molecular complexity index is 653. The fourth-order valence-electron chi connectivity index (χ4n) is 2.55. The molecule has 1 fully saturated rings. The van der Waals surface area contributed by atoms with Crippen molar-refractivity contribution < 1.29 is 14.1 Å². The van der Waals surface area contributed by atoms with Gasteiger partial charge >= 0.3 is 0 Å². The lowest BCUT2D eigenvalue weighted by Gasteiger charge is -2.27. The number of aromatic nitrogens is 2. The van der Waals surface area contributed by atoms with Crippen LogP contribution in [0.1, 0.15) is 30.2 Å². The Morgan fingerprint density at radius 1 is 1.29 bits per heavy atom. The number of nitrogens with zero attached hydrogens (tertiary/aromatic N) is 3. The maximum Gasteiger partial charge on any atom is 0.243 e. The first-order valence-electron chi connectivity index (χ1n) is 8.17. The monoisotopic (exact) mass is 330 g/mol. The van der Waals surface area contributed by atoms with Crippen molar-refractivity contribution in [2.45, 2.75) is 19.4 Å². The third-order valence-electron chi connectivity index (χ3n) is 3.98. The summed E-state index contributed by atoms with van der Waals surface area (Å²) in [4.78, 5) is 18.3. The third kappa shape index (κ3) is 4.39. The van der Waals surface area contributed by atoms with Gasteiger partial charge in [0.15, 0.2) is 5.82 Å². The lowest BCUT2D eigenvalue weighted by molar-refractivity contribution is -0.134. The molecule has 1 aliphatic rings. The third-order valence-corrected chi connectivity index (χ3v) is 3.98. The number of carbonyl (C=O) groups excluding carboxylic acids is 1. The zero-order valence-electron chi connectivity index (χ0n) is 13.8. The molecule has 128 valence electrons. The summed E-state index contributed by atoms with van der Waals surface area (Å²) in [5, 5.41) is 7.16. The van der Waals surface area contributed by atoms with Gasteiger partial charge in [0.25, 0.3) is 0 Å². The van der Waals surface area contributed by atoms with E-state index in [1.165, 1.54) is 0 Å². The molecule has 2 aromatic rings. The Balaban J connectivity index is 1.50. The van der Waals surface area contributed by atoms with Crippen LogP contribution in [-0.2, 0) is 16.0 Å². The largest absolute Gasteiger partial charge is 0.378 e. The van der Waals surface area contributed by atoms with Crippen molar-refractivity contribution in [3.8, 4) is 0 Å². The molecule has 2 heterocycles. The van der Waals surface area contributed by atoms with Gasteiger partial charge in [-0.3, -0.25) is 10.1 Å². The van der Waals surface area contributed by atoms with Crippen molar-refractivity contribution in [2.24, 2.45) is 0 Å². The minimum atomic E-state index is -0.174. The molecule has 1 N–H and O–H groups in total. The number of morpholine rings is 1. The highest BCUT2D eigenvalue weighted by molar-refractivity contribution is 5.78. The Hall–Kier alpha value is -2.25.